The summed E-state index contributed by atoms with van der Waals surface area (Å²) in [6, 6.07) is 13.5. The molecule has 1 aliphatic heterocycles. The van der Waals surface area contributed by atoms with Gasteiger partial charge in [0, 0.05) is 5.56 Å². The van der Waals surface area contributed by atoms with Gasteiger partial charge in [-0.3, -0.25) is 9.59 Å². The van der Waals surface area contributed by atoms with Gasteiger partial charge < -0.3 is 10.2 Å². The summed E-state index contributed by atoms with van der Waals surface area (Å²) < 4.78 is 0. The van der Waals surface area contributed by atoms with Gasteiger partial charge >= 0.3 is 0 Å². The third-order valence-corrected chi connectivity index (χ3v) is 4.73. The van der Waals surface area contributed by atoms with E-state index < -0.39 is 11.2 Å². The quantitative estimate of drug-likeness (QED) is 0.880. The zero-order valence-corrected chi connectivity index (χ0v) is 14.3. The van der Waals surface area contributed by atoms with Crippen molar-refractivity contribution in [1.82, 2.24) is 10.2 Å². The Kier molecular flexibility index (Phi) is 3.71. The molecule has 1 saturated heterocycles. The highest BCUT2D eigenvalue weighted by atomic mass is 16.2. The monoisotopic (exact) mass is 322 g/mol. The van der Waals surface area contributed by atoms with Gasteiger partial charge in [-0.2, -0.15) is 0 Å². The first-order chi connectivity index (χ1) is 11.3. The number of nitrogens with zero attached hydrogens (tertiary/aromatic N) is 1. The molecule has 24 heavy (non-hydrogen) atoms. The highest BCUT2D eigenvalue weighted by molar-refractivity contribution is 6.10. The van der Waals surface area contributed by atoms with E-state index in [-0.39, 0.29) is 11.8 Å². The Balaban J connectivity index is 2.16. The van der Waals surface area contributed by atoms with Crippen molar-refractivity contribution in [3.05, 3.63) is 60.7 Å². The summed E-state index contributed by atoms with van der Waals surface area (Å²) in [6.07, 6.45) is 2.09. The topological polar surface area (TPSA) is 49.4 Å². The zero-order valence-electron chi connectivity index (χ0n) is 14.3. The van der Waals surface area contributed by atoms with Crippen molar-refractivity contribution < 1.29 is 9.59 Å². The lowest BCUT2D eigenvalue weighted by Crippen LogP contribution is -2.55. The second-order valence-electron chi connectivity index (χ2n) is 6.95. The van der Waals surface area contributed by atoms with Gasteiger partial charge in [0.1, 0.15) is 11.2 Å². The average molecular weight is 322 g/mol. The average Bonchev–Trinajstić information content (AvgIpc) is 2.71. The number of benzene rings is 2. The van der Waals surface area contributed by atoms with Crippen molar-refractivity contribution in [2.24, 2.45) is 0 Å². The minimum absolute atomic E-state index is 0.152. The molecule has 124 valence electrons. The smallest absolute Gasteiger partial charge is 0.257 e. The van der Waals surface area contributed by atoms with E-state index in [2.05, 4.69) is 11.9 Å². The Labute approximate surface area is 142 Å². The van der Waals surface area contributed by atoms with E-state index in [0.717, 1.165) is 10.8 Å². The van der Waals surface area contributed by atoms with E-state index >= 15 is 0 Å². The number of rotatable bonds is 3. The largest absolute Gasteiger partial charge is 0.332 e. The molecule has 3 rings (SSSR count). The summed E-state index contributed by atoms with van der Waals surface area (Å²) in [5.41, 5.74) is -1.10. The summed E-state index contributed by atoms with van der Waals surface area (Å²) in [5.74, 6) is -0.305. The third-order valence-electron chi connectivity index (χ3n) is 4.73. The molecule has 4 heteroatoms. The van der Waals surface area contributed by atoms with Crippen LogP contribution in [-0.4, -0.2) is 27.9 Å². The van der Waals surface area contributed by atoms with Crippen LogP contribution in [0, 0.1) is 0 Å². The summed E-state index contributed by atoms with van der Waals surface area (Å²) in [7, 11) is 0. The van der Waals surface area contributed by atoms with Gasteiger partial charge in [0.15, 0.2) is 0 Å². The summed E-state index contributed by atoms with van der Waals surface area (Å²) in [6.45, 7) is 9.24. The number of hydrogen-bond acceptors (Lipinski definition) is 2. The third kappa shape index (κ3) is 2.30. The number of carbonyl (C=O) groups is 2. The normalized spacial score (nSPS) is 22.5. The molecule has 0 aliphatic carbocycles. The van der Waals surface area contributed by atoms with Gasteiger partial charge in [0.05, 0.1) is 0 Å². The Morgan fingerprint density at radius 1 is 1.17 bits per heavy atom. The summed E-state index contributed by atoms with van der Waals surface area (Å²) >= 11 is 0. The van der Waals surface area contributed by atoms with Crippen LogP contribution in [0.2, 0.25) is 0 Å². The second-order valence-corrected chi connectivity index (χ2v) is 6.95. The fourth-order valence-corrected chi connectivity index (χ4v) is 3.66. The van der Waals surface area contributed by atoms with E-state index in [0.29, 0.717) is 12.0 Å². The van der Waals surface area contributed by atoms with Crippen molar-refractivity contribution in [2.75, 3.05) is 0 Å². The lowest BCUT2D eigenvalue weighted by molar-refractivity contribution is -0.125. The van der Waals surface area contributed by atoms with Gasteiger partial charge in [0.25, 0.3) is 5.91 Å². The summed E-state index contributed by atoms with van der Waals surface area (Å²) in [4.78, 5) is 27.6. The van der Waals surface area contributed by atoms with Crippen molar-refractivity contribution in [2.45, 2.75) is 38.4 Å². The molecule has 2 aromatic carbocycles. The number of fused-ring (bicyclic) bond motifs is 1. The Morgan fingerprint density at radius 3 is 2.54 bits per heavy atom. The fourth-order valence-electron chi connectivity index (χ4n) is 3.66. The Hall–Kier alpha value is -2.62. The predicted octanol–water partition coefficient (Wildman–Crippen LogP) is 3.48. The fraction of sp³-hybridized carbons (Fsp3) is 0.300. The molecule has 2 aromatic rings. The predicted molar refractivity (Wildman–Crippen MR) is 95.6 cm³/mol. The zero-order chi connectivity index (χ0) is 17.5. The molecule has 0 unspecified atom stereocenters. The molecule has 1 aliphatic rings. The standard InChI is InChI=1S/C20H22N2O2/c1-5-13-20(4)18(24)21-19(2,3)22(20)17(23)16-12-8-10-14-9-6-7-11-15(14)16/h5-12H,1,13H2,2-4H3,(H,21,24)/t20-/m1/s1. The van der Waals surface area contributed by atoms with Gasteiger partial charge in [-0.05, 0) is 44.0 Å². The molecule has 0 bridgehead atoms. The van der Waals surface area contributed by atoms with Crippen LogP contribution in [0.3, 0.4) is 0 Å². The molecule has 0 aromatic heterocycles. The number of amides is 2. The van der Waals surface area contributed by atoms with Gasteiger partial charge in [-0.25, -0.2) is 0 Å². The second kappa shape index (κ2) is 5.48. The van der Waals surface area contributed by atoms with Crippen LogP contribution < -0.4 is 5.32 Å². The van der Waals surface area contributed by atoms with Crippen LogP contribution in [0.1, 0.15) is 37.6 Å². The molecule has 0 radical (unpaired) electrons. The molecule has 1 heterocycles. The Morgan fingerprint density at radius 2 is 1.83 bits per heavy atom. The molecule has 1 fully saturated rings. The van der Waals surface area contributed by atoms with Crippen LogP contribution in [0.5, 0.6) is 0 Å². The molecule has 1 N–H and O–H groups in total. The first kappa shape index (κ1) is 16.2. The SMILES string of the molecule is C=CC[C@]1(C)C(=O)NC(C)(C)N1C(=O)c1cccc2ccccc12. The maximum atomic E-state index is 13.4. The maximum Gasteiger partial charge on any atom is 0.257 e. The Bertz CT molecular complexity index is 835. The minimum Gasteiger partial charge on any atom is -0.332 e. The van der Waals surface area contributed by atoms with Crippen LogP contribution in [0.15, 0.2) is 55.1 Å². The molecule has 0 saturated carbocycles. The van der Waals surface area contributed by atoms with Crippen LogP contribution >= 0.6 is 0 Å². The lowest BCUT2D eigenvalue weighted by atomic mass is 9.93. The van der Waals surface area contributed by atoms with Crippen molar-refractivity contribution in [1.29, 1.82) is 0 Å². The van der Waals surface area contributed by atoms with Gasteiger partial charge in [-0.1, -0.05) is 42.5 Å². The number of nitrogens with one attached hydrogen (secondary N) is 1. The summed E-state index contributed by atoms with van der Waals surface area (Å²) in [5, 5.41) is 4.83. The van der Waals surface area contributed by atoms with Gasteiger partial charge in [-0.15, -0.1) is 6.58 Å². The minimum atomic E-state index is -0.945. The molecule has 1 atom stereocenters. The van der Waals surface area contributed by atoms with Crippen LogP contribution in [0.4, 0.5) is 0 Å². The molecule has 4 nitrogen and oxygen atoms in total. The van der Waals surface area contributed by atoms with Crippen LogP contribution in [-0.2, 0) is 4.79 Å². The van der Waals surface area contributed by atoms with E-state index in [1.165, 1.54) is 0 Å². The van der Waals surface area contributed by atoms with E-state index in [1.807, 2.05) is 56.3 Å². The molecular formula is C20H22N2O2. The highest BCUT2D eigenvalue weighted by Crippen LogP contribution is 2.36. The lowest BCUT2D eigenvalue weighted by Gasteiger charge is -2.39. The van der Waals surface area contributed by atoms with Gasteiger partial charge in [0.2, 0.25) is 5.91 Å². The van der Waals surface area contributed by atoms with E-state index in [1.54, 1.807) is 17.9 Å². The highest BCUT2D eigenvalue weighted by Gasteiger charge is 2.55. The van der Waals surface area contributed by atoms with Crippen molar-refractivity contribution >= 4 is 22.6 Å². The number of carbonyl (C=O) groups excluding carboxylic acids is 2. The number of hydrogen-bond donors (Lipinski definition) is 1. The molecular weight excluding hydrogens is 300 g/mol. The van der Waals surface area contributed by atoms with Crippen LogP contribution in [0.25, 0.3) is 10.8 Å². The first-order valence-corrected chi connectivity index (χ1v) is 8.07. The first-order valence-electron chi connectivity index (χ1n) is 8.07. The van der Waals surface area contributed by atoms with E-state index in [4.69, 9.17) is 0 Å². The maximum absolute atomic E-state index is 13.4. The molecule has 0 spiro atoms. The van der Waals surface area contributed by atoms with Crippen molar-refractivity contribution in [3.63, 3.8) is 0 Å². The molecule has 2 amide bonds. The van der Waals surface area contributed by atoms with E-state index in [9.17, 15) is 9.59 Å². The van der Waals surface area contributed by atoms with Crippen molar-refractivity contribution in [3.8, 4) is 0 Å².